The van der Waals surface area contributed by atoms with Crippen LogP contribution in [0.4, 0.5) is 0 Å². The summed E-state index contributed by atoms with van der Waals surface area (Å²) < 4.78 is 0. The van der Waals surface area contributed by atoms with Gasteiger partial charge in [-0.3, -0.25) is 0 Å². The van der Waals surface area contributed by atoms with Gasteiger partial charge < -0.3 is 15.1 Å². The van der Waals surface area contributed by atoms with Crippen LogP contribution in [0, 0.1) is 28.6 Å². The number of fused-ring (bicyclic) bond motifs is 1. The standard InChI is InChI=1S/C24H41NO2/c1-17-9-10-20-19(8-6-7-15-25(4)5)21(12-14-23(17,20)2)24(3)13-11-18(26)16-22(24)27/h6-7,18-22,26-27H,1,8-16H2,2-5H3/b7-6-/t18-,19-,20?,21?,22-,23+,24+/m0/s1. The first-order valence-corrected chi connectivity index (χ1v) is 11.0. The van der Waals surface area contributed by atoms with E-state index in [9.17, 15) is 10.2 Å². The highest BCUT2D eigenvalue weighted by Gasteiger charge is 2.56. The van der Waals surface area contributed by atoms with Crippen LogP contribution in [-0.2, 0) is 0 Å². The Bertz CT molecular complexity index is 571. The number of likely N-dealkylation sites (N-methyl/N-ethyl adjacent to an activating group) is 1. The predicted octanol–water partition coefficient (Wildman–Crippen LogP) is 4.41. The van der Waals surface area contributed by atoms with E-state index in [1.807, 2.05) is 0 Å². The van der Waals surface area contributed by atoms with E-state index in [2.05, 4.69) is 51.6 Å². The molecule has 0 amide bonds. The number of nitrogens with zero attached hydrogens (tertiary/aromatic N) is 1. The Hall–Kier alpha value is -0.640. The molecule has 27 heavy (non-hydrogen) atoms. The zero-order chi connectivity index (χ0) is 19.8. The maximum Gasteiger partial charge on any atom is 0.0621 e. The monoisotopic (exact) mass is 375 g/mol. The van der Waals surface area contributed by atoms with Crippen molar-refractivity contribution in [3.63, 3.8) is 0 Å². The third kappa shape index (κ3) is 3.93. The van der Waals surface area contributed by atoms with Gasteiger partial charge in [-0.05, 0) is 94.0 Å². The minimum Gasteiger partial charge on any atom is -0.393 e. The highest BCUT2D eigenvalue weighted by Crippen LogP contribution is 2.63. The maximum atomic E-state index is 11.0. The fraction of sp³-hybridized carbons (Fsp3) is 0.833. The molecule has 0 radical (unpaired) electrons. The first kappa shape index (κ1) is 21.1. The van der Waals surface area contributed by atoms with Gasteiger partial charge in [0, 0.05) is 6.54 Å². The molecule has 0 aliphatic heterocycles. The Kier molecular flexibility index (Phi) is 6.25. The van der Waals surface area contributed by atoms with Crippen LogP contribution in [0.2, 0.25) is 0 Å². The van der Waals surface area contributed by atoms with Gasteiger partial charge in [0.05, 0.1) is 12.2 Å². The summed E-state index contributed by atoms with van der Waals surface area (Å²) in [6, 6.07) is 0. The molecule has 0 aromatic rings. The second-order valence-corrected chi connectivity index (χ2v) is 10.4. The summed E-state index contributed by atoms with van der Waals surface area (Å²) in [4.78, 5) is 2.20. The molecule has 0 bridgehead atoms. The average molecular weight is 376 g/mol. The Balaban J connectivity index is 1.85. The van der Waals surface area contributed by atoms with Crippen LogP contribution in [0.25, 0.3) is 0 Å². The zero-order valence-corrected chi connectivity index (χ0v) is 18.0. The summed E-state index contributed by atoms with van der Waals surface area (Å²) in [5, 5.41) is 21.0. The van der Waals surface area contributed by atoms with Crippen LogP contribution in [0.3, 0.4) is 0 Å². The van der Waals surface area contributed by atoms with E-state index in [1.54, 1.807) is 0 Å². The molecule has 3 aliphatic carbocycles. The van der Waals surface area contributed by atoms with Crippen LogP contribution in [-0.4, -0.2) is 48.0 Å². The normalized spacial score (nSPS) is 45.6. The topological polar surface area (TPSA) is 43.7 Å². The van der Waals surface area contributed by atoms with Gasteiger partial charge in [0.25, 0.3) is 0 Å². The van der Waals surface area contributed by atoms with E-state index in [-0.39, 0.29) is 23.0 Å². The molecule has 0 spiro atoms. The number of aliphatic hydroxyl groups excluding tert-OH is 2. The van der Waals surface area contributed by atoms with Gasteiger partial charge in [-0.1, -0.05) is 38.2 Å². The quantitative estimate of drug-likeness (QED) is 0.700. The molecule has 7 atom stereocenters. The molecule has 0 aromatic carbocycles. The lowest BCUT2D eigenvalue weighted by molar-refractivity contribution is -0.118. The van der Waals surface area contributed by atoms with Crippen molar-refractivity contribution in [1.82, 2.24) is 4.90 Å². The predicted molar refractivity (Wildman–Crippen MR) is 112 cm³/mol. The third-order valence-electron chi connectivity index (χ3n) is 8.56. The van der Waals surface area contributed by atoms with E-state index in [1.165, 1.54) is 31.3 Å². The van der Waals surface area contributed by atoms with Crippen molar-refractivity contribution in [2.24, 2.45) is 28.6 Å². The summed E-state index contributed by atoms with van der Waals surface area (Å²) >= 11 is 0. The molecule has 3 saturated carbocycles. The number of rotatable bonds is 5. The van der Waals surface area contributed by atoms with Crippen molar-refractivity contribution >= 4 is 0 Å². The van der Waals surface area contributed by atoms with E-state index in [0.717, 1.165) is 25.8 Å². The van der Waals surface area contributed by atoms with Gasteiger partial charge in [0.2, 0.25) is 0 Å². The highest BCUT2D eigenvalue weighted by molar-refractivity contribution is 5.21. The lowest BCUT2D eigenvalue weighted by Gasteiger charge is -2.55. The van der Waals surface area contributed by atoms with E-state index in [4.69, 9.17) is 0 Å². The molecule has 2 unspecified atom stereocenters. The van der Waals surface area contributed by atoms with Gasteiger partial charge in [-0.2, -0.15) is 0 Å². The van der Waals surface area contributed by atoms with Crippen LogP contribution in [0.5, 0.6) is 0 Å². The number of hydrogen-bond acceptors (Lipinski definition) is 3. The van der Waals surface area contributed by atoms with E-state index < -0.39 is 0 Å². The average Bonchev–Trinajstić information content (AvgIpc) is 2.90. The summed E-state index contributed by atoms with van der Waals surface area (Å²) in [7, 11) is 4.22. The van der Waals surface area contributed by atoms with Gasteiger partial charge in [-0.15, -0.1) is 0 Å². The minimum atomic E-state index is -0.381. The summed E-state index contributed by atoms with van der Waals surface area (Å²) in [6.45, 7) is 10.2. The van der Waals surface area contributed by atoms with E-state index >= 15 is 0 Å². The number of aliphatic hydroxyl groups is 2. The lowest BCUT2D eigenvalue weighted by Crippen LogP contribution is -2.52. The molecule has 3 aliphatic rings. The molecule has 0 saturated heterocycles. The first-order chi connectivity index (χ1) is 12.7. The zero-order valence-electron chi connectivity index (χ0n) is 18.0. The molecule has 0 aromatic heterocycles. The van der Waals surface area contributed by atoms with Gasteiger partial charge >= 0.3 is 0 Å². The Morgan fingerprint density at radius 2 is 1.81 bits per heavy atom. The van der Waals surface area contributed by atoms with Crippen LogP contribution in [0.1, 0.15) is 65.2 Å². The summed E-state index contributed by atoms with van der Waals surface area (Å²) in [6.07, 6.45) is 12.2. The molecule has 3 rings (SSSR count). The fourth-order valence-corrected chi connectivity index (χ4v) is 6.60. The molecule has 3 heteroatoms. The largest absolute Gasteiger partial charge is 0.393 e. The Morgan fingerprint density at radius 3 is 2.48 bits per heavy atom. The first-order valence-electron chi connectivity index (χ1n) is 11.0. The van der Waals surface area contributed by atoms with Crippen LogP contribution >= 0.6 is 0 Å². The Labute approximate surface area is 166 Å². The highest BCUT2D eigenvalue weighted by atomic mass is 16.3. The fourth-order valence-electron chi connectivity index (χ4n) is 6.60. The molecular formula is C24H41NO2. The number of hydrogen-bond donors (Lipinski definition) is 2. The van der Waals surface area contributed by atoms with Crippen molar-refractivity contribution < 1.29 is 10.2 Å². The summed E-state index contributed by atoms with van der Waals surface area (Å²) in [5.74, 6) is 1.83. The second kappa shape index (κ2) is 8.00. The van der Waals surface area contributed by atoms with Crippen molar-refractivity contribution in [2.45, 2.75) is 77.4 Å². The molecule has 154 valence electrons. The summed E-state index contributed by atoms with van der Waals surface area (Å²) in [5.41, 5.74) is 1.68. The van der Waals surface area contributed by atoms with Gasteiger partial charge in [-0.25, -0.2) is 0 Å². The Morgan fingerprint density at radius 1 is 1.07 bits per heavy atom. The van der Waals surface area contributed by atoms with E-state index in [0.29, 0.717) is 24.2 Å². The number of allylic oxidation sites excluding steroid dienone is 2. The molecule has 2 N–H and O–H groups in total. The van der Waals surface area contributed by atoms with Crippen molar-refractivity contribution in [1.29, 1.82) is 0 Å². The van der Waals surface area contributed by atoms with Crippen LogP contribution in [0.15, 0.2) is 24.3 Å². The van der Waals surface area contributed by atoms with Gasteiger partial charge in [0.15, 0.2) is 0 Å². The third-order valence-corrected chi connectivity index (χ3v) is 8.56. The second-order valence-electron chi connectivity index (χ2n) is 10.4. The van der Waals surface area contributed by atoms with Crippen molar-refractivity contribution in [2.75, 3.05) is 20.6 Å². The molecular weight excluding hydrogens is 334 g/mol. The molecule has 3 fully saturated rings. The minimum absolute atomic E-state index is 0.0649. The molecule has 3 nitrogen and oxygen atoms in total. The van der Waals surface area contributed by atoms with Crippen molar-refractivity contribution in [3.8, 4) is 0 Å². The smallest absolute Gasteiger partial charge is 0.0621 e. The SMILES string of the molecule is C=C1CCC2[C@H](C/C=C\CN(C)C)C([C@@]3(C)CC[C@H](O)C[C@@H]3O)CC[C@]12C. The van der Waals surface area contributed by atoms with Crippen molar-refractivity contribution in [3.05, 3.63) is 24.3 Å². The molecule has 0 heterocycles. The van der Waals surface area contributed by atoms with Crippen LogP contribution < -0.4 is 0 Å². The maximum absolute atomic E-state index is 11.0. The lowest BCUT2D eigenvalue weighted by atomic mass is 9.50. The van der Waals surface area contributed by atoms with Gasteiger partial charge in [0.1, 0.15) is 0 Å².